The van der Waals surface area contributed by atoms with E-state index >= 15 is 0 Å². The fourth-order valence-corrected chi connectivity index (χ4v) is 5.03. The quantitative estimate of drug-likeness (QED) is 0.164. The number of hydrogen-bond donors (Lipinski definition) is 5. The molecule has 1 fully saturated rings. The number of aromatic amines is 1. The standard InChI is InChI=1S/C30H42N8O9/c1-5-46-24(41)15-19(14-22-34-36-37-35-22)31-27(43)21-12-9-13-38(21)28(44)25(30(2,3)4)33-26(42)20(16-23(39)40)32-29(45)47-17-18-10-7-6-8-11-18/h6-8,10-11,19-21,25H,5,9,12-17H2,1-4H3,(H,31,43)(H,32,45)(H,33,42)(H,39,40)(H,34,35,36,37)/t19-,20-,21+,25-/m0/s1. The monoisotopic (exact) mass is 658 g/mol. The Bertz CT molecular complexity index is 1380. The van der Waals surface area contributed by atoms with Crippen LogP contribution < -0.4 is 16.0 Å². The zero-order valence-corrected chi connectivity index (χ0v) is 26.9. The molecule has 0 aliphatic carbocycles. The lowest BCUT2D eigenvalue weighted by molar-refractivity contribution is -0.146. The maximum atomic E-state index is 14.0. The number of carboxylic acid groups (broad SMARTS) is 1. The maximum Gasteiger partial charge on any atom is 0.408 e. The summed E-state index contributed by atoms with van der Waals surface area (Å²) in [7, 11) is 0. The summed E-state index contributed by atoms with van der Waals surface area (Å²) in [5.74, 6) is -3.62. The predicted molar refractivity (Wildman–Crippen MR) is 163 cm³/mol. The van der Waals surface area contributed by atoms with E-state index < -0.39 is 71.8 Å². The van der Waals surface area contributed by atoms with Crippen molar-refractivity contribution in [1.82, 2.24) is 41.5 Å². The van der Waals surface area contributed by atoms with Gasteiger partial charge < -0.3 is 35.4 Å². The molecule has 1 saturated heterocycles. The zero-order valence-electron chi connectivity index (χ0n) is 26.9. The van der Waals surface area contributed by atoms with E-state index in [0.29, 0.717) is 18.4 Å². The van der Waals surface area contributed by atoms with E-state index in [9.17, 15) is 33.9 Å². The highest BCUT2D eigenvalue weighted by molar-refractivity contribution is 5.95. The number of carboxylic acids is 1. The van der Waals surface area contributed by atoms with Crippen LogP contribution >= 0.6 is 0 Å². The number of rotatable bonds is 15. The number of aliphatic carboxylic acids is 1. The molecule has 1 aliphatic heterocycles. The van der Waals surface area contributed by atoms with Gasteiger partial charge in [-0.3, -0.25) is 24.0 Å². The van der Waals surface area contributed by atoms with E-state index in [4.69, 9.17) is 9.47 Å². The van der Waals surface area contributed by atoms with E-state index in [1.165, 1.54) is 4.90 Å². The highest BCUT2D eigenvalue weighted by Crippen LogP contribution is 2.26. The summed E-state index contributed by atoms with van der Waals surface area (Å²) < 4.78 is 10.2. The number of likely N-dealkylation sites (tertiary alicyclic amines) is 1. The highest BCUT2D eigenvalue weighted by Gasteiger charge is 2.43. The summed E-state index contributed by atoms with van der Waals surface area (Å²) in [4.78, 5) is 78.5. The Morgan fingerprint density at radius 3 is 2.38 bits per heavy atom. The third-order valence-electron chi connectivity index (χ3n) is 7.32. The van der Waals surface area contributed by atoms with Gasteiger partial charge in [0.1, 0.15) is 24.7 Å². The van der Waals surface area contributed by atoms with Crippen molar-refractivity contribution in [3.05, 3.63) is 41.7 Å². The lowest BCUT2D eigenvalue weighted by atomic mass is 9.85. The van der Waals surface area contributed by atoms with Crippen LogP contribution in [0.1, 0.15) is 64.8 Å². The second-order valence-electron chi connectivity index (χ2n) is 12.1. The number of tetrazole rings is 1. The first kappa shape index (κ1) is 36.4. The van der Waals surface area contributed by atoms with E-state index in [1.54, 1.807) is 58.0 Å². The van der Waals surface area contributed by atoms with Crippen LogP contribution in [-0.2, 0) is 46.5 Å². The Balaban J connectivity index is 1.72. The topological polar surface area (TPSA) is 235 Å². The van der Waals surface area contributed by atoms with Crippen LogP contribution in [0, 0.1) is 5.41 Å². The normalized spacial score (nSPS) is 16.3. The number of amides is 4. The SMILES string of the molecule is CCOC(=O)C[C@H](Cc1nn[nH]n1)NC(=O)[C@H]1CCCN1C(=O)[C@H](NC(=O)[C@H](CC(=O)O)NC(=O)OCc1ccccc1)C(C)(C)C. The van der Waals surface area contributed by atoms with Gasteiger partial charge in [-0.15, -0.1) is 10.2 Å². The summed E-state index contributed by atoms with van der Waals surface area (Å²) in [5, 5.41) is 30.7. The number of benzene rings is 1. The molecule has 5 N–H and O–H groups in total. The highest BCUT2D eigenvalue weighted by atomic mass is 16.5. The molecular weight excluding hydrogens is 616 g/mol. The van der Waals surface area contributed by atoms with E-state index in [-0.39, 0.29) is 38.4 Å². The second-order valence-corrected chi connectivity index (χ2v) is 12.1. The molecule has 2 aromatic rings. The van der Waals surface area contributed by atoms with Crippen LogP contribution in [0.25, 0.3) is 0 Å². The van der Waals surface area contributed by atoms with Crippen molar-refractivity contribution in [1.29, 1.82) is 0 Å². The minimum atomic E-state index is -1.56. The molecule has 256 valence electrons. The molecule has 3 rings (SSSR count). The second kappa shape index (κ2) is 17.0. The summed E-state index contributed by atoms with van der Waals surface area (Å²) in [6, 6.07) is 4.35. The fraction of sp³-hybridized carbons (Fsp3) is 0.567. The number of nitrogens with zero attached hydrogens (tertiary/aromatic N) is 4. The molecule has 0 radical (unpaired) electrons. The van der Waals surface area contributed by atoms with E-state index in [1.807, 2.05) is 0 Å². The van der Waals surface area contributed by atoms with E-state index in [2.05, 4.69) is 36.6 Å². The minimum absolute atomic E-state index is 0.0775. The Morgan fingerprint density at radius 2 is 1.77 bits per heavy atom. The molecule has 0 saturated carbocycles. The minimum Gasteiger partial charge on any atom is -0.481 e. The molecule has 2 heterocycles. The molecular formula is C30H42N8O9. The van der Waals surface area contributed by atoms with Gasteiger partial charge in [0.15, 0.2) is 5.82 Å². The Labute approximate surface area is 271 Å². The number of carbonyl (C=O) groups is 6. The van der Waals surface area contributed by atoms with Crippen molar-refractivity contribution >= 4 is 35.8 Å². The van der Waals surface area contributed by atoms with Gasteiger partial charge in [0, 0.05) is 19.0 Å². The summed E-state index contributed by atoms with van der Waals surface area (Å²) in [6.45, 7) is 7.04. The first-order valence-corrected chi connectivity index (χ1v) is 15.3. The predicted octanol–water partition coefficient (Wildman–Crippen LogP) is 0.472. The number of aromatic nitrogens is 4. The van der Waals surface area contributed by atoms with Crippen LogP contribution in [0.5, 0.6) is 0 Å². The Kier molecular flexibility index (Phi) is 13.2. The van der Waals surface area contributed by atoms with Gasteiger partial charge >= 0.3 is 18.0 Å². The molecule has 0 spiro atoms. The van der Waals surface area contributed by atoms with Crippen LogP contribution in [0.15, 0.2) is 30.3 Å². The lowest BCUT2D eigenvalue weighted by Gasteiger charge is -2.36. The Hall–Kier alpha value is -5.09. The summed E-state index contributed by atoms with van der Waals surface area (Å²) in [5.41, 5.74) is -0.199. The number of hydrogen-bond acceptors (Lipinski definition) is 11. The van der Waals surface area contributed by atoms with Gasteiger partial charge in [-0.05, 0) is 30.7 Å². The molecule has 1 aromatic heterocycles. The third kappa shape index (κ3) is 11.3. The molecule has 1 aromatic carbocycles. The van der Waals surface area contributed by atoms with Crippen LogP contribution in [-0.4, -0.2) is 104 Å². The van der Waals surface area contributed by atoms with Gasteiger partial charge in [0.05, 0.1) is 19.4 Å². The summed E-state index contributed by atoms with van der Waals surface area (Å²) >= 11 is 0. The van der Waals surface area contributed by atoms with Crippen LogP contribution in [0.4, 0.5) is 4.79 Å². The largest absolute Gasteiger partial charge is 0.481 e. The Morgan fingerprint density at radius 1 is 1.04 bits per heavy atom. The fourth-order valence-electron chi connectivity index (χ4n) is 5.03. The van der Waals surface area contributed by atoms with Gasteiger partial charge in [0.25, 0.3) is 0 Å². The first-order valence-electron chi connectivity index (χ1n) is 15.3. The van der Waals surface area contributed by atoms with Crippen molar-refractivity contribution in [3.8, 4) is 0 Å². The molecule has 0 unspecified atom stereocenters. The third-order valence-corrected chi connectivity index (χ3v) is 7.32. The molecule has 0 bridgehead atoms. The van der Waals surface area contributed by atoms with Crippen molar-refractivity contribution < 1.29 is 43.3 Å². The number of carbonyl (C=O) groups excluding carboxylic acids is 5. The van der Waals surface area contributed by atoms with Gasteiger partial charge in [-0.25, -0.2) is 4.79 Å². The van der Waals surface area contributed by atoms with Crippen molar-refractivity contribution in [2.24, 2.45) is 5.41 Å². The maximum absolute atomic E-state index is 14.0. The first-order chi connectivity index (χ1) is 22.3. The molecule has 1 aliphatic rings. The van der Waals surface area contributed by atoms with Gasteiger partial charge in [-0.1, -0.05) is 56.3 Å². The number of H-pyrrole nitrogens is 1. The van der Waals surface area contributed by atoms with Crippen molar-refractivity contribution in [3.63, 3.8) is 0 Å². The van der Waals surface area contributed by atoms with Gasteiger partial charge in [0.2, 0.25) is 17.7 Å². The molecule has 4 atom stereocenters. The average Bonchev–Trinajstić information content (AvgIpc) is 3.71. The molecule has 4 amide bonds. The van der Waals surface area contributed by atoms with Crippen molar-refractivity contribution in [2.75, 3.05) is 13.2 Å². The van der Waals surface area contributed by atoms with Crippen molar-refractivity contribution in [2.45, 2.75) is 90.6 Å². The lowest BCUT2D eigenvalue weighted by Crippen LogP contribution is -2.60. The van der Waals surface area contributed by atoms with E-state index in [0.717, 1.165) is 0 Å². The number of nitrogens with one attached hydrogen (secondary N) is 4. The van der Waals surface area contributed by atoms with Crippen LogP contribution in [0.3, 0.4) is 0 Å². The molecule has 17 nitrogen and oxygen atoms in total. The number of ether oxygens (including phenoxy) is 2. The van der Waals surface area contributed by atoms with Gasteiger partial charge in [-0.2, -0.15) is 5.21 Å². The molecule has 17 heteroatoms. The zero-order chi connectivity index (χ0) is 34.6. The molecule has 47 heavy (non-hydrogen) atoms. The van der Waals surface area contributed by atoms with Crippen LogP contribution in [0.2, 0.25) is 0 Å². The number of esters is 1. The summed E-state index contributed by atoms with van der Waals surface area (Å²) in [6.07, 6.45) is -1.04. The smallest absolute Gasteiger partial charge is 0.408 e. The number of alkyl carbamates (subject to hydrolysis) is 1. The average molecular weight is 659 g/mol.